The van der Waals surface area contributed by atoms with E-state index >= 15 is 4.39 Å². The number of rotatable bonds is 13. The van der Waals surface area contributed by atoms with E-state index in [-0.39, 0.29) is 23.7 Å². The van der Waals surface area contributed by atoms with Gasteiger partial charge in [0.1, 0.15) is 17.3 Å². The molecule has 3 amide bonds. The standard InChI is InChI=1S/C36H40FN7O5/c1-23(48-5)31(19-24-9-16-33(38-21-24)44-32(25-7-6-8-25)17-18-43(44)22-45)40-34(46)29-15-12-27(20-30(29)37)41-42-49-28-13-10-26(11-14-28)39-35(47)36(2,3)4/h9-18,20-22,31,41-42H,1,6-8,19H2,2-5H3,(H,39,47)(H,40,46). The molecule has 2 aliphatic rings. The van der Waals surface area contributed by atoms with Gasteiger partial charge in [-0.2, -0.15) is 0 Å². The van der Waals surface area contributed by atoms with Gasteiger partial charge in [0.05, 0.1) is 30.1 Å². The average molecular weight is 670 g/mol. The van der Waals surface area contributed by atoms with Crippen LogP contribution >= 0.6 is 0 Å². The van der Waals surface area contributed by atoms with Gasteiger partial charge in [-0.1, -0.05) is 39.0 Å². The lowest BCUT2D eigenvalue weighted by Crippen LogP contribution is -2.38. The summed E-state index contributed by atoms with van der Waals surface area (Å²) in [5, 5.41) is 8.86. The molecule has 0 radical (unpaired) electrons. The highest BCUT2D eigenvalue weighted by molar-refractivity contribution is 5.95. The van der Waals surface area contributed by atoms with Crippen LogP contribution in [0.15, 0.2) is 96.7 Å². The molecule has 0 bridgehead atoms. The second-order valence-electron chi connectivity index (χ2n) is 12.6. The minimum atomic E-state index is -0.758. The number of methoxy groups -OCH3 is 1. The molecule has 5 rings (SSSR count). The largest absolute Gasteiger partial charge is 0.500 e. The highest BCUT2D eigenvalue weighted by Crippen LogP contribution is 2.36. The lowest BCUT2D eigenvalue weighted by atomic mass is 9.90. The average Bonchev–Trinajstić information content (AvgIpc) is 3.47. The number of aromatic nitrogens is 1. The summed E-state index contributed by atoms with van der Waals surface area (Å²) in [6, 6.07) is 13.7. The second-order valence-corrected chi connectivity index (χ2v) is 12.6. The van der Waals surface area contributed by atoms with E-state index in [4.69, 9.17) is 9.57 Å². The van der Waals surface area contributed by atoms with Crippen LogP contribution in [0.1, 0.15) is 56.0 Å². The van der Waals surface area contributed by atoms with Crippen molar-refractivity contribution in [2.24, 2.45) is 5.41 Å². The molecule has 256 valence electrons. The maximum absolute atomic E-state index is 15.1. The monoisotopic (exact) mass is 669 g/mol. The van der Waals surface area contributed by atoms with Crippen molar-refractivity contribution in [2.75, 3.05) is 22.9 Å². The van der Waals surface area contributed by atoms with Crippen LogP contribution in [0.5, 0.6) is 5.75 Å². The predicted molar refractivity (Wildman–Crippen MR) is 184 cm³/mol. The predicted octanol–water partition coefficient (Wildman–Crippen LogP) is 5.76. The van der Waals surface area contributed by atoms with Gasteiger partial charge in [0.15, 0.2) is 5.82 Å². The SMILES string of the molecule is C=C(OC)C(Cc1ccc(N2C(=C3CCC3)C=CN2C=O)nc1)NC(=O)c1ccc(NNOc2ccc(NC(=O)C(C)(C)C)cc2)cc1F. The second kappa shape index (κ2) is 15.0. The molecule has 1 saturated carbocycles. The van der Waals surface area contributed by atoms with Crippen molar-refractivity contribution in [3.05, 3.63) is 114 Å². The van der Waals surface area contributed by atoms with E-state index in [1.165, 1.54) is 29.8 Å². The molecule has 3 aromatic rings. The summed E-state index contributed by atoms with van der Waals surface area (Å²) in [6.07, 6.45) is 9.40. The number of carbonyl (C=O) groups excluding carboxylic acids is 3. The first-order valence-corrected chi connectivity index (χ1v) is 15.8. The third kappa shape index (κ3) is 8.43. The number of ether oxygens (including phenoxy) is 1. The number of hydrogen-bond donors (Lipinski definition) is 4. The molecule has 1 aliphatic heterocycles. The van der Waals surface area contributed by atoms with Crippen LogP contribution in [-0.2, 0) is 20.7 Å². The Balaban J connectivity index is 1.16. The summed E-state index contributed by atoms with van der Waals surface area (Å²) in [4.78, 5) is 47.0. The molecule has 1 aromatic heterocycles. The van der Waals surface area contributed by atoms with Gasteiger partial charge in [-0.3, -0.25) is 19.8 Å². The van der Waals surface area contributed by atoms with Crippen LogP contribution in [0.3, 0.4) is 0 Å². The molecule has 1 fully saturated rings. The van der Waals surface area contributed by atoms with Gasteiger partial charge in [-0.25, -0.2) is 19.4 Å². The molecule has 1 unspecified atom stereocenters. The zero-order valence-corrected chi connectivity index (χ0v) is 27.9. The number of allylic oxidation sites excluding steroid dienone is 2. The Bertz CT molecular complexity index is 1760. The van der Waals surface area contributed by atoms with E-state index in [9.17, 15) is 14.4 Å². The molecule has 13 heteroatoms. The quantitative estimate of drug-likeness (QED) is 0.102. The number of anilines is 3. The summed E-state index contributed by atoms with van der Waals surface area (Å²) >= 11 is 0. The molecule has 49 heavy (non-hydrogen) atoms. The third-order valence-corrected chi connectivity index (χ3v) is 8.07. The minimum absolute atomic E-state index is 0.109. The summed E-state index contributed by atoms with van der Waals surface area (Å²) in [5.41, 5.74) is 8.50. The van der Waals surface area contributed by atoms with E-state index in [0.717, 1.165) is 43.0 Å². The van der Waals surface area contributed by atoms with Crippen molar-refractivity contribution < 1.29 is 28.3 Å². The van der Waals surface area contributed by atoms with Crippen molar-refractivity contribution >= 4 is 35.4 Å². The zero-order chi connectivity index (χ0) is 35.1. The van der Waals surface area contributed by atoms with Gasteiger partial charge in [0.2, 0.25) is 12.3 Å². The van der Waals surface area contributed by atoms with E-state index < -0.39 is 23.2 Å². The lowest BCUT2D eigenvalue weighted by Gasteiger charge is -2.30. The van der Waals surface area contributed by atoms with Crippen molar-refractivity contribution in [3.8, 4) is 5.75 Å². The summed E-state index contributed by atoms with van der Waals surface area (Å²) < 4.78 is 20.4. The normalized spacial score (nSPS) is 14.6. The van der Waals surface area contributed by atoms with Crippen molar-refractivity contribution in [2.45, 2.75) is 52.5 Å². The molecule has 1 atom stereocenters. The van der Waals surface area contributed by atoms with E-state index in [2.05, 4.69) is 33.2 Å². The Kier molecular flexibility index (Phi) is 10.6. The molecule has 4 N–H and O–H groups in total. The van der Waals surface area contributed by atoms with Crippen LogP contribution in [0.25, 0.3) is 0 Å². The van der Waals surface area contributed by atoms with Crippen molar-refractivity contribution in [3.63, 3.8) is 0 Å². The summed E-state index contributed by atoms with van der Waals surface area (Å²) in [5.74, 6) is -0.209. The Labute approximate surface area is 284 Å². The molecular weight excluding hydrogens is 629 g/mol. The fraction of sp³-hybridized carbons (Fsp3) is 0.278. The molecular formula is C36H40FN7O5. The van der Waals surface area contributed by atoms with Crippen LogP contribution in [0.4, 0.5) is 21.6 Å². The maximum Gasteiger partial charge on any atom is 0.254 e. The minimum Gasteiger partial charge on any atom is -0.500 e. The number of hydrogen-bond acceptors (Lipinski definition) is 9. The van der Waals surface area contributed by atoms with Crippen molar-refractivity contribution in [1.29, 1.82) is 0 Å². The van der Waals surface area contributed by atoms with Gasteiger partial charge in [-0.15, -0.1) is 0 Å². The fourth-order valence-electron chi connectivity index (χ4n) is 4.98. The first kappa shape index (κ1) is 34.6. The summed E-state index contributed by atoms with van der Waals surface area (Å²) in [7, 11) is 1.45. The van der Waals surface area contributed by atoms with Gasteiger partial charge in [-0.05, 0) is 85.0 Å². The first-order valence-electron chi connectivity index (χ1n) is 15.8. The van der Waals surface area contributed by atoms with Crippen molar-refractivity contribution in [1.82, 2.24) is 20.9 Å². The number of hydrazine groups is 2. The first-order chi connectivity index (χ1) is 23.5. The smallest absolute Gasteiger partial charge is 0.254 e. The van der Waals surface area contributed by atoms with E-state index in [1.807, 2.05) is 32.9 Å². The number of halogens is 1. The number of carbonyl (C=O) groups is 3. The topological polar surface area (TPSA) is 137 Å². The maximum atomic E-state index is 15.1. The number of nitrogens with zero attached hydrogens (tertiary/aromatic N) is 3. The molecule has 2 aromatic carbocycles. The number of pyridine rings is 1. The van der Waals surface area contributed by atoms with E-state index in [0.29, 0.717) is 22.9 Å². The fourth-order valence-corrected chi connectivity index (χ4v) is 4.98. The van der Waals surface area contributed by atoms with Gasteiger partial charge in [0, 0.05) is 29.9 Å². The Morgan fingerprint density at radius 1 is 1.08 bits per heavy atom. The molecule has 12 nitrogen and oxygen atoms in total. The Morgan fingerprint density at radius 3 is 2.41 bits per heavy atom. The Hall–Kier alpha value is -5.69. The highest BCUT2D eigenvalue weighted by atomic mass is 19.1. The van der Waals surface area contributed by atoms with Crippen LogP contribution in [-0.4, -0.2) is 41.4 Å². The highest BCUT2D eigenvalue weighted by Gasteiger charge is 2.28. The van der Waals surface area contributed by atoms with Gasteiger partial charge in [0.25, 0.3) is 5.91 Å². The van der Waals surface area contributed by atoms with Crippen LogP contribution < -0.4 is 31.5 Å². The Morgan fingerprint density at radius 2 is 1.82 bits per heavy atom. The molecule has 0 spiro atoms. The molecule has 0 saturated heterocycles. The lowest BCUT2D eigenvalue weighted by molar-refractivity contribution is -0.123. The number of amides is 3. The van der Waals surface area contributed by atoms with Crippen LogP contribution in [0, 0.1) is 11.2 Å². The van der Waals surface area contributed by atoms with E-state index in [1.54, 1.807) is 47.7 Å². The van der Waals surface area contributed by atoms with Gasteiger partial charge < -0.3 is 20.2 Å². The summed E-state index contributed by atoms with van der Waals surface area (Å²) in [6.45, 7) is 9.39. The molecule has 2 heterocycles. The van der Waals surface area contributed by atoms with Gasteiger partial charge >= 0.3 is 0 Å². The molecule has 1 aliphatic carbocycles. The zero-order valence-electron chi connectivity index (χ0n) is 27.9. The van der Waals surface area contributed by atoms with Crippen LogP contribution in [0.2, 0.25) is 0 Å². The number of benzene rings is 2. The number of nitrogens with one attached hydrogen (secondary N) is 4. The third-order valence-electron chi connectivity index (χ3n) is 8.07.